The lowest BCUT2D eigenvalue weighted by molar-refractivity contribution is -0.136. The van der Waals surface area contributed by atoms with Crippen molar-refractivity contribution in [3.8, 4) is 11.3 Å². The average Bonchev–Trinajstić information content (AvgIpc) is 3.04. The molecule has 0 aliphatic carbocycles. The van der Waals surface area contributed by atoms with Gasteiger partial charge < -0.3 is 19.8 Å². The molecule has 1 amide bonds. The molecular weight excluding hydrogens is 375 g/mol. The van der Waals surface area contributed by atoms with Crippen LogP contribution in [0.2, 0.25) is 0 Å². The van der Waals surface area contributed by atoms with Crippen LogP contribution in [0.1, 0.15) is 16.1 Å². The van der Waals surface area contributed by atoms with Gasteiger partial charge in [0, 0.05) is 18.7 Å². The van der Waals surface area contributed by atoms with Crippen LogP contribution in [0.5, 0.6) is 0 Å². The van der Waals surface area contributed by atoms with Gasteiger partial charge in [0.15, 0.2) is 0 Å². The molecule has 1 aliphatic rings. The normalized spacial score (nSPS) is 15.2. The number of fused-ring (bicyclic) bond motifs is 1. The Morgan fingerprint density at radius 1 is 1.14 bits per heavy atom. The summed E-state index contributed by atoms with van der Waals surface area (Å²) in [6.07, 6.45) is -4.69. The molecule has 2 aromatic heterocycles. The number of morpholine rings is 1. The van der Waals surface area contributed by atoms with Crippen molar-refractivity contribution >= 4 is 22.7 Å². The first kappa shape index (κ1) is 18.3. The molecule has 0 unspecified atom stereocenters. The minimum absolute atomic E-state index is 0.0829. The number of rotatable bonds is 2. The van der Waals surface area contributed by atoms with Crippen LogP contribution < -0.4 is 5.73 Å². The van der Waals surface area contributed by atoms with Crippen LogP contribution in [0.25, 0.3) is 22.4 Å². The number of alkyl halides is 3. The first-order chi connectivity index (χ1) is 13.4. The second-order valence-corrected chi connectivity index (χ2v) is 6.35. The standard InChI is InChI=1S/C19H16F3N3O3/c20-19(21,22)12-10-13(11-4-2-1-3-5-11)24-17-14(12)15(23)16(28-17)18(26)25-6-8-27-9-7-25/h1-5,10H,6-9,23H2. The molecule has 0 atom stereocenters. The Hall–Kier alpha value is -3.07. The van der Waals surface area contributed by atoms with E-state index in [9.17, 15) is 18.0 Å². The Balaban J connectivity index is 1.89. The summed E-state index contributed by atoms with van der Waals surface area (Å²) in [5.41, 5.74) is 4.83. The molecule has 1 aliphatic heterocycles. The number of anilines is 1. The van der Waals surface area contributed by atoms with Gasteiger partial charge in [0.05, 0.1) is 35.5 Å². The Morgan fingerprint density at radius 2 is 1.82 bits per heavy atom. The van der Waals surface area contributed by atoms with E-state index in [1.165, 1.54) is 4.90 Å². The lowest BCUT2D eigenvalue weighted by Crippen LogP contribution is -2.40. The maximum atomic E-state index is 13.7. The van der Waals surface area contributed by atoms with Crippen LogP contribution in [-0.2, 0) is 10.9 Å². The smallest absolute Gasteiger partial charge is 0.417 e. The second-order valence-electron chi connectivity index (χ2n) is 6.35. The van der Waals surface area contributed by atoms with Crippen LogP contribution in [-0.4, -0.2) is 42.1 Å². The molecule has 3 aromatic rings. The van der Waals surface area contributed by atoms with Gasteiger partial charge in [-0.25, -0.2) is 4.98 Å². The average molecular weight is 391 g/mol. The zero-order chi connectivity index (χ0) is 19.9. The number of aromatic nitrogens is 1. The summed E-state index contributed by atoms with van der Waals surface area (Å²) in [5.74, 6) is -0.909. The van der Waals surface area contributed by atoms with E-state index in [1.54, 1.807) is 30.3 Å². The topological polar surface area (TPSA) is 81.6 Å². The third kappa shape index (κ3) is 3.18. The number of pyridine rings is 1. The van der Waals surface area contributed by atoms with Gasteiger partial charge in [0.1, 0.15) is 0 Å². The molecule has 0 radical (unpaired) electrons. The van der Waals surface area contributed by atoms with Crippen LogP contribution in [0, 0.1) is 0 Å². The molecule has 0 saturated carbocycles. The molecule has 0 bridgehead atoms. The summed E-state index contributed by atoms with van der Waals surface area (Å²) in [6.45, 7) is 1.31. The van der Waals surface area contributed by atoms with E-state index in [2.05, 4.69) is 4.98 Å². The fourth-order valence-corrected chi connectivity index (χ4v) is 3.17. The summed E-state index contributed by atoms with van der Waals surface area (Å²) in [4.78, 5) is 18.3. The molecule has 6 nitrogen and oxygen atoms in total. The minimum Gasteiger partial charge on any atom is -0.430 e. The van der Waals surface area contributed by atoms with Crippen molar-refractivity contribution in [2.75, 3.05) is 32.0 Å². The molecule has 28 heavy (non-hydrogen) atoms. The number of carbonyl (C=O) groups is 1. The maximum Gasteiger partial charge on any atom is 0.417 e. The minimum atomic E-state index is -4.69. The molecule has 0 spiro atoms. The van der Waals surface area contributed by atoms with E-state index in [-0.39, 0.29) is 22.9 Å². The van der Waals surface area contributed by atoms with Crippen molar-refractivity contribution < 1.29 is 27.1 Å². The number of nitrogen functional groups attached to an aromatic ring is 1. The van der Waals surface area contributed by atoms with Crippen molar-refractivity contribution in [1.82, 2.24) is 9.88 Å². The SMILES string of the molecule is Nc1c(C(=O)N2CCOCC2)oc2nc(-c3ccccc3)cc(C(F)(F)F)c12. The lowest BCUT2D eigenvalue weighted by Gasteiger charge is -2.25. The number of nitrogens with two attached hydrogens (primary N) is 1. The monoisotopic (exact) mass is 391 g/mol. The van der Waals surface area contributed by atoms with Gasteiger partial charge in [-0.3, -0.25) is 4.79 Å². The van der Waals surface area contributed by atoms with E-state index in [4.69, 9.17) is 14.9 Å². The van der Waals surface area contributed by atoms with Gasteiger partial charge >= 0.3 is 6.18 Å². The first-order valence-corrected chi connectivity index (χ1v) is 8.59. The number of benzene rings is 1. The van der Waals surface area contributed by atoms with E-state index >= 15 is 0 Å². The number of carbonyl (C=O) groups excluding carboxylic acids is 1. The highest BCUT2D eigenvalue weighted by atomic mass is 19.4. The van der Waals surface area contributed by atoms with Gasteiger partial charge in [-0.05, 0) is 6.07 Å². The summed E-state index contributed by atoms with van der Waals surface area (Å²) < 4.78 is 51.8. The summed E-state index contributed by atoms with van der Waals surface area (Å²) in [7, 11) is 0. The van der Waals surface area contributed by atoms with E-state index in [0.29, 0.717) is 31.9 Å². The second kappa shape index (κ2) is 6.83. The number of furan rings is 1. The van der Waals surface area contributed by atoms with Gasteiger partial charge in [-0.15, -0.1) is 0 Å². The number of nitrogens with zero attached hydrogens (tertiary/aromatic N) is 2. The molecule has 146 valence electrons. The maximum absolute atomic E-state index is 13.7. The quantitative estimate of drug-likeness (QED) is 0.722. The zero-order valence-electron chi connectivity index (χ0n) is 14.6. The van der Waals surface area contributed by atoms with Crippen molar-refractivity contribution in [1.29, 1.82) is 0 Å². The fourth-order valence-electron chi connectivity index (χ4n) is 3.17. The molecular formula is C19H16F3N3O3. The number of hydrogen-bond acceptors (Lipinski definition) is 5. The summed E-state index contributed by atoms with van der Waals surface area (Å²) >= 11 is 0. The number of amides is 1. The molecule has 1 fully saturated rings. The third-order valence-electron chi connectivity index (χ3n) is 4.57. The molecule has 3 heterocycles. The lowest BCUT2D eigenvalue weighted by atomic mass is 10.1. The Morgan fingerprint density at radius 3 is 2.46 bits per heavy atom. The van der Waals surface area contributed by atoms with Crippen LogP contribution in [0.15, 0.2) is 40.8 Å². The Kier molecular flexibility index (Phi) is 4.46. The largest absolute Gasteiger partial charge is 0.430 e. The van der Waals surface area contributed by atoms with Crippen LogP contribution in [0.4, 0.5) is 18.9 Å². The highest BCUT2D eigenvalue weighted by Gasteiger charge is 2.37. The van der Waals surface area contributed by atoms with Crippen LogP contribution in [0.3, 0.4) is 0 Å². The number of hydrogen-bond donors (Lipinski definition) is 1. The highest BCUT2D eigenvalue weighted by molar-refractivity contribution is 6.06. The van der Waals surface area contributed by atoms with E-state index < -0.39 is 23.0 Å². The Bertz CT molecular complexity index is 1030. The molecule has 4 rings (SSSR count). The van der Waals surface area contributed by atoms with E-state index in [1.807, 2.05) is 0 Å². The predicted octanol–water partition coefficient (Wildman–Crippen LogP) is 3.57. The third-order valence-corrected chi connectivity index (χ3v) is 4.57. The molecule has 9 heteroatoms. The fraction of sp³-hybridized carbons (Fsp3) is 0.263. The summed E-state index contributed by atoms with van der Waals surface area (Å²) in [5, 5.41) is -0.399. The van der Waals surface area contributed by atoms with Crippen LogP contribution >= 0.6 is 0 Å². The van der Waals surface area contributed by atoms with Gasteiger partial charge in [-0.2, -0.15) is 13.2 Å². The first-order valence-electron chi connectivity index (χ1n) is 8.59. The number of ether oxygens (including phenoxy) is 1. The van der Waals surface area contributed by atoms with Crippen molar-refractivity contribution in [2.45, 2.75) is 6.18 Å². The van der Waals surface area contributed by atoms with Gasteiger partial charge in [0.2, 0.25) is 11.5 Å². The van der Waals surface area contributed by atoms with Gasteiger partial charge in [0.25, 0.3) is 5.91 Å². The highest BCUT2D eigenvalue weighted by Crippen LogP contribution is 2.41. The summed E-state index contributed by atoms with van der Waals surface area (Å²) in [6, 6.07) is 9.33. The van der Waals surface area contributed by atoms with Crippen molar-refractivity contribution in [2.24, 2.45) is 0 Å². The molecule has 2 N–H and O–H groups in total. The zero-order valence-corrected chi connectivity index (χ0v) is 14.6. The van der Waals surface area contributed by atoms with Crippen molar-refractivity contribution in [3.63, 3.8) is 0 Å². The molecule has 1 aromatic carbocycles. The van der Waals surface area contributed by atoms with Crippen molar-refractivity contribution in [3.05, 3.63) is 47.7 Å². The van der Waals surface area contributed by atoms with Gasteiger partial charge in [-0.1, -0.05) is 30.3 Å². The Labute approximate surface area is 157 Å². The predicted molar refractivity (Wildman–Crippen MR) is 95.6 cm³/mol. The molecule has 1 saturated heterocycles. The number of halogens is 3. The van der Waals surface area contributed by atoms with E-state index in [0.717, 1.165) is 6.07 Å².